The molecule has 8 nitrogen and oxygen atoms in total. The van der Waals surface area contributed by atoms with Gasteiger partial charge in [-0.3, -0.25) is 14.1 Å². The summed E-state index contributed by atoms with van der Waals surface area (Å²) in [7, 11) is -4.55. The van der Waals surface area contributed by atoms with Crippen molar-refractivity contribution in [2.75, 3.05) is 6.54 Å². The van der Waals surface area contributed by atoms with Crippen molar-refractivity contribution >= 4 is 22.0 Å². The number of nitrogens with zero attached hydrogens (tertiary/aromatic N) is 1. The van der Waals surface area contributed by atoms with Gasteiger partial charge in [0.1, 0.15) is 0 Å². The first kappa shape index (κ1) is 13.0. The van der Waals surface area contributed by atoms with Gasteiger partial charge < -0.3 is 11.5 Å². The Balaban J connectivity index is 4.03. The van der Waals surface area contributed by atoms with Crippen LogP contribution in [0.15, 0.2) is 0 Å². The lowest BCUT2D eigenvalue weighted by atomic mass is 10.1. The van der Waals surface area contributed by atoms with E-state index in [0.29, 0.717) is 0 Å². The van der Waals surface area contributed by atoms with E-state index in [1.807, 2.05) is 0 Å². The second-order valence-corrected chi connectivity index (χ2v) is 3.63. The lowest BCUT2D eigenvalue weighted by Crippen LogP contribution is -2.39. The summed E-state index contributed by atoms with van der Waals surface area (Å²) in [6.07, 6.45) is -0.389. The third kappa shape index (κ3) is 6.48. The summed E-state index contributed by atoms with van der Waals surface area (Å²) in [6.45, 7) is -0.798. The minimum atomic E-state index is -4.55. The van der Waals surface area contributed by atoms with Gasteiger partial charge in [0, 0.05) is 6.42 Å². The zero-order valence-corrected chi connectivity index (χ0v) is 7.90. The van der Waals surface area contributed by atoms with E-state index >= 15 is 0 Å². The number of nitrogens with two attached hydrogens (primary N) is 2. The highest BCUT2D eigenvalue weighted by molar-refractivity contribution is 7.83. The lowest BCUT2D eigenvalue weighted by Gasteiger charge is -2.06. The molecule has 0 bridgehead atoms. The molecule has 0 aromatic rings. The van der Waals surface area contributed by atoms with E-state index in [-0.39, 0.29) is 6.42 Å². The van der Waals surface area contributed by atoms with E-state index in [1.165, 1.54) is 0 Å². The summed E-state index contributed by atoms with van der Waals surface area (Å²) in [6, 6.07) is -1.20. The van der Waals surface area contributed by atoms with E-state index < -0.39 is 34.6 Å². The van der Waals surface area contributed by atoms with Crippen molar-refractivity contribution in [1.29, 1.82) is 0 Å². The van der Waals surface area contributed by atoms with Gasteiger partial charge in [0.2, 0.25) is 5.91 Å². The fourth-order valence-electron chi connectivity index (χ4n) is 0.593. The van der Waals surface area contributed by atoms with Crippen molar-refractivity contribution in [3.05, 3.63) is 0 Å². The van der Waals surface area contributed by atoms with Gasteiger partial charge in [0.05, 0.1) is 12.6 Å². The highest BCUT2D eigenvalue weighted by Gasteiger charge is 2.18. The minimum Gasteiger partial charge on any atom is -0.370 e. The van der Waals surface area contributed by atoms with Crippen LogP contribution < -0.4 is 16.2 Å². The van der Waals surface area contributed by atoms with Gasteiger partial charge in [0.25, 0.3) is 0 Å². The fraction of sp³-hybridized carbons (Fsp3) is 0.600. The van der Waals surface area contributed by atoms with E-state index in [1.54, 1.807) is 0 Å². The third-order valence-electron chi connectivity index (χ3n) is 1.22. The summed E-state index contributed by atoms with van der Waals surface area (Å²) < 4.78 is 31.0. The molecule has 0 spiro atoms. The molecule has 0 rings (SSSR count). The molecule has 0 aromatic carbocycles. The standard InChI is InChI=1S/C5H10N3O5S/c6-3(1-5(7)10)4(9)2-8-14(11,12)13/h3H,1-2,6H2,(H2,7,10)(H,11,12,13)/t3-/m0/s1. The third-order valence-corrected chi connectivity index (χ3v) is 1.67. The molecule has 81 valence electrons. The van der Waals surface area contributed by atoms with E-state index in [2.05, 4.69) is 4.72 Å². The van der Waals surface area contributed by atoms with Crippen LogP contribution in [0.25, 0.3) is 0 Å². The van der Waals surface area contributed by atoms with Crippen molar-refractivity contribution in [2.24, 2.45) is 11.5 Å². The number of rotatable bonds is 6. The number of carbonyl (C=O) groups excluding carboxylic acids is 2. The van der Waals surface area contributed by atoms with Gasteiger partial charge in [-0.1, -0.05) is 4.72 Å². The van der Waals surface area contributed by atoms with Gasteiger partial charge in [-0.15, -0.1) is 0 Å². The van der Waals surface area contributed by atoms with Gasteiger partial charge in [0.15, 0.2) is 5.78 Å². The molecule has 9 heteroatoms. The maximum atomic E-state index is 10.9. The summed E-state index contributed by atoms with van der Waals surface area (Å²) in [5.74, 6) is -1.57. The molecule has 0 aliphatic heterocycles. The Bertz CT molecular complexity index is 324. The number of amides is 1. The van der Waals surface area contributed by atoms with Gasteiger partial charge in [-0.2, -0.15) is 8.42 Å². The number of primary amides is 1. The highest BCUT2D eigenvalue weighted by Crippen LogP contribution is 1.89. The quantitative estimate of drug-likeness (QED) is 0.413. The Labute approximate surface area is 80.5 Å². The van der Waals surface area contributed by atoms with Crippen LogP contribution >= 0.6 is 0 Å². The molecule has 0 aliphatic carbocycles. The van der Waals surface area contributed by atoms with Crippen LogP contribution in [0.4, 0.5) is 0 Å². The van der Waals surface area contributed by atoms with Crippen molar-refractivity contribution in [3.8, 4) is 0 Å². The van der Waals surface area contributed by atoms with E-state index in [9.17, 15) is 18.0 Å². The Morgan fingerprint density at radius 2 is 1.93 bits per heavy atom. The van der Waals surface area contributed by atoms with E-state index in [0.717, 1.165) is 0 Å². The molecule has 0 unspecified atom stereocenters. The van der Waals surface area contributed by atoms with Crippen molar-refractivity contribution < 1.29 is 22.6 Å². The summed E-state index contributed by atoms with van der Waals surface area (Å²) in [4.78, 5) is 21.2. The molecule has 14 heavy (non-hydrogen) atoms. The van der Waals surface area contributed by atoms with Crippen molar-refractivity contribution in [2.45, 2.75) is 12.5 Å². The SMILES string of the molecule is NC(=O)C[C@H](N)C(=O)C[N]S(=O)(=O)O. The molecule has 0 heterocycles. The molecular formula is C5H10N3O5S. The molecule has 0 fully saturated rings. The smallest absolute Gasteiger partial charge is 0.350 e. The van der Waals surface area contributed by atoms with Gasteiger partial charge in [-0.05, 0) is 0 Å². The fourth-order valence-corrected chi connectivity index (χ4v) is 0.883. The van der Waals surface area contributed by atoms with Crippen LogP contribution in [-0.2, 0) is 19.9 Å². The normalized spacial score (nSPS) is 13.6. The van der Waals surface area contributed by atoms with Crippen LogP contribution in [0.3, 0.4) is 0 Å². The molecule has 1 radical (unpaired) electrons. The Hall–Kier alpha value is -1.03. The molecule has 0 saturated carbocycles. The van der Waals surface area contributed by atoms with Gasteiger partial charge >= 0.3 is 10.3 Å². The van der Waals surface area contributed by atoms with E-state index in [4.69, 9.17) is 16.0 Å². The topological polar surface area (TPSA) is 155 Å². The zero-order chi connectivity index (χ0) is 11.4. The minimum absolute atomic E-state index is 0.389. The number of hydrogen-bond donors (Lipinski definition) is 3. The highest BCUT2D eigenvalue weighted by atomic mass is 32.2. The van der Waals surface area contributed by atoms with Crippen LogP contribution in [-0.4, -0.2) is 37.2 Å². The predicted molar refractivity (Wildman–Crippen MR) is 45.3 cm³/mol. The predicted octanol–water partition coefficient (Wildman–Crippen LogP) is -2.83. The first-order valence-electron chi connectivity index (χ1n) is 3.45. The number of carbonyl (C=O) groups is 2. The monoisotopic (exact) mass is 224 g/mol. The van der Waals surface area contributed by atoms with Crippen LogP contribution in [0.5, 0.6) is 0 Å². The second kappa shape index (κ2) is 5.00. The van der Waals surface area contributed by atoms with Crippen LogP contribution in [0, 0.1) is 0 Å². The summed E-state index contributed by atoms with van der Waals surface area (Å²) >= 11 is 0. The molecule has 0 aliphatic rings. The second-order valence-electron chi connectivity index (χ2n) is 2.48. The van der Waals surface area contributed by atoms with Crippen molar-refractivity contribution in [3.63, 3.8) is 0 Å². The zero-order valence-electron chi connectivity index (χ0n) is 7.08. The summed E-state index contributed by atoms with van der Waals surface area (Å²) in [5.41, 5.74) is 9.90. The molecule has 5 N–H and O–H groups in total. The lowest BCUT2D eigenvalue weighted by molar-refractivity contribution is -0.124. The number of ketones is 1. The Morgan fingerprint density at radius 3 is 2.29 bits per heavy atom. The maximum Gasteiger partial charge on any atom is 0.350 e. The first-order valence-corrected chi connectivity index (χ1v) is 4.85. The molecule has 0 saturated heterocycles. The molecule has 1 atom stereocenters. The van der Waals surface area contributed by atoms with Gasteiger partial charge in [-0.25, -0.2) is 0 Å². The average Bonchev–Trinajstić information content (AvgIpc) is 1.97. The van der Waals surface area contributed by atoms with Crippen molar-refractivity contribution in [1.82, 2.24) is 4.72 Å². The van der Waals surface area contributed by atoms with Crippen LogP contribution in [0.1, 0.15) is 6.42 Å². The first-order chi connectivity index (χ1) is 6.22. The molecule has 0 aromatic heterocycles. The Morgan fingerprint density at radius 1 is 1.43 bits per heavy atom. The Kier molecular flexibility index (Phi) is 4.63. The molecule has 1 amide bonds. The molecular weight excluding hydrogens is 214 g/mol. The summed E-state index contributed by atoms with van der Waals surface area (Å²) in [5, 5.41) is 0. The van der Waals surface area contributed by atoms with Crippen LogP contribution in [0.2, 0.25) is 0 Å². The maximum absolute atomic E-state index is 10.9. The average molecular weight is 224 g/mol. The number of hydrogen-bond acceptors (Lipinski definition) is 5. The number of Topliss-reactive ketones (excluding diaryl/α,β-unsaturated/α-hetero) is 1. The largest absolute Gasteiger partial charge is 0.370 e.